The van der Waals surface area contributed by atoms with Crippen molar-refractivity contribution in [1.82, 2.24) is 19.5 Å². The van der Waals surface area contributed by atoms with Gasteiger partial charge < -0.3 is 0 Å². The molecule has 0 atom stereocenters. The molecule has 10 rings (SSSR count). The standard InChI is InChI=1S/C44H30N4/c1-44(2)34-22-12-11-21-32(34)39-37-30(19-13-23-35(37)44)26-33-38-31-20-10-9-14-27(31)24-25-36(38)48(40(33)39)43-46-41(28-15-5-3-6-16-28)45-42(47-43)29-17-7-4-8-18-29/h3-26H,1-2H3. The predicted molar refractivity (Wildman–Crippen MR) is 198 cm³/mol. The number of aromatic nitrogens is 4. The molecule has 0 fully saturated rings. The molecule has 9 aromatic rings. The molecular weight excluding hydrogens is 585 g/mol. The van der Waals surface area contributed by atoms with Crippen LogP contribution in [-0.2, 0) is 5.41 Å². The van der Waals surface area contributed by atoms with Gasteiger partial charge in [0, 0.05) is 32.9 Å². The van der Waals surface area contributed by atoms with Crippen molar-refractivity contribution in [3.05, 3.63) is 157 Å². The Morgan fingerprint density at radius 1 is 0.500 bits per heavy atom. The topological polar surface area (TPSA) is 43.6 Å². The first-order valence-corrected chi connectivity index (χ1v) is 16.5. The van der Waals surface area contributed by atoms with Crippen LogP contribution in [0.3, 0.4) is 0 Å². The zero-order valence-electron chi connectivity index (χ0n) is 26.6. The molecule has 48 heavy (non-hydrogen) atoms. The fourth-order valence-electron chi connectivity index (χ4n) is 8.00. The number of hydrogen-bond donors (Lipinski definition) is 0. The second-order valence-corrected chi connectivity index (χ2v) is 13.3. The molecule has 4 heteroatoms. The van der Waals surface area contributed by atoms with E-state index in [0.717, 1.165) is 22.2 Å². The number of fused-ring (bicyclic) bond motifs is 8. The van der Waals surface area contributed by atoms with Crippen LogP contribution in [0.2, 0.25) is 0 Å². The third kappa shape index (κ3) is 3.74. The minimum absolute atomic E-state index is 0.158. The maximum absolute atomic E-state index is 5.27. The minimum atomic E-state index is -0.158. The van der Waals surface area contributed by atoms with Gasteiger partial charge >= 0.3 is 0 Å². The van der Waals surface area contributed by atoms with Gasteiger partial charge in [-0.05, 0) is 50.4 Å². The molecule has 0 N–H and O–H groups in total. The average Bonchev–Trinajstić information content (AvgIpc) is 3.48. The van der Waals surface area contributed by atoms with Crippen LogP contribution in [0.5, 0.6) is 0 Å². The minimum Gasteiger partial charge on any atom is -0.277 e. The van der Waals surface area contributed by atoms with E-state index >= 15 is 0 Å². The van der Waals surface area contributed by atoms with E-state index in [1.54, 1.807) is 0 Å². The summed E-state index contributed by atoms with van der Waals surface area (Å²) in [4.78, 5) is 15.6. The lowest BCUT2D eigenvalue weighted by molar-refractivity contribution is 0.645. The van der Waals surface area contributed by atoms with Crippen LogP contribution in [-0.4, -0.2) is 19.5 Å². The van der Waals surface area contributed by atoms with E-state index in [2.05, 4.69) is 128 Å². The molecule has 4 nitrogen and oxygen atoms in total. The van der Waals surface area contributed by atoms with Crippen LogP contribution < -0.4 is 0 Å². The molecular formula is C44H30N4. The highest BCUT2D eigenvalue weighted by molar-refractivity contribution is 6.28. The third-order valence-corrected chi connectivity index (χ3v) is 10.2. The smallest absolute Gasteiger partial charge is 0.238 e. The molecule has 0 spiro atoms. The van der Waals surface area contributed by atoms with Crippen LogP contribution in [0.4, 0.5) is 0 Å². The first-order chi connectivity index (χ1) is 23.6. The van der Waals surface area contributed by atoms with E-state index in [1.165, 1.54) is 54.6 Å². The van der Waals surface area contributed by atoms with Gasteiger partial charge in [0.25, 0.3) is 0 Å². The molecule has 0 saturated heterocycles. The highest BCUT2D eigenvalue weighted by atomic mass is 15.2. The van der Waals surface area contributed by atoms with Gasteiger partial charge in [-0.25, -0.2) is 4.98 Å². The summed E-state index contributed by atoms with van der Waals surface area (Å²) in [5, 5.41) is 7.36. The lowest BCUT2D eigenvalue weighted by atomic mass is 9.68. The molecule has 0 saturated carbocycles. The van der Waals surface area contributed by atoms with E-state index in [0.29, 0.717) is 17.6 Å². The van der Waals surface area contributed by atoms with Crippen molar-refractivity contribution in [1.29, 1.82) is 0 Å². The van der Waals surface area contributed by atoms with Crippen LogP contribution in [0.1, 0.15) is 25.0 Å². The van der Waals surface area contributed by atoms with Crippen molar-refractivity contribution in [2.75, 3.05) is 0 Å². The Morgan fingerprint density at radius 3 is 1.88 bits per heavy atom. The van der Waals surface area contributed by atoms with Gasteiger partial charge in [0.2, 0.25) is 5.95 Å². The molecule has 0 aliphatic heterocycles. The number of hydrogen-bond acceptors (Lipinski definition) is 3. The summed E-state index contributed by atoms with van der Waals surface area (Å²) in [5.74, 6) is 1.90. The third-order valence-electron chi connectivity index (χ3n) is 10.2. The normalized spacial score (nSPS) is 13.4. The van der Waals surface area contributed by atoms with Crippen LogP contribution >= 0.6 is 0 Å². The molecule has 0 bridgehead atoms. The van der Waals surface area contributed by atoms with E-state index in [9.17, 15) is 0 Å². The quantitative estimate of drug-likeness (QED) is 0.199. The fraction of sp³-hybridized carbons (Fsp3) is 0.0682. The Morgan fingerprint density at radius 2 is 1.12 bits per heavy atom. The first kappa shape index (κ1) is 27.0. The second kappa shape index (κ2) is 9.93. The first-order valence-electron chi connectivity index (χ1n) is 16.5. The molecule has 7 aromatic carbocycles. The summed E-state index contributed by atoms with van der Waals surface area (Å²) in [5.41, 5.74) is 9.08. The second-order valence-electron chi connectivity index (χ2n) is 13.3. The van der Waals surface area contributed by atoms with Gasteiger partial charge in [-0.3, -0.25) is 4.57 Å². The van der Waals surface area contributed by atoms with Crippen molar-refractivity contribution in [3.63, 3.8) is 0 Å². The summed E-state index contributed by atoms with van der Waals surface area (Å²) < 4.78 is 2.30. The highest BCUT2D eigenvalue weighted by Crippen LogP contribution is 2.53. The van der Waals surface area contributed by atoms with Gasteiger partial charge in [-0.2, -0.15) is 9.97 Å². The maximum Gasteiger partial charge on any atom is 0.238 e. The Hall–Kier alpha value is -6.13. The number of rotatable bonds is 3. The van der Waals surface area contributed by atoms with E-state index in [1.807, 2.05) is 36.4 Å². The van der Waals surface area contributed by atoms with Crippen LogP contribution in [0.15, 0.2) is 146 Å². The maximum atomic E-state index is 5.27. The Labute approximate surface area is 278 Å². The molecule has 1 aliphatic rings. The van der Waals surface area contributed by atoms with Crippen molar-refractivity contribution < 1.29 is 0 Å². The summed E-state index contributed by atoms with van der Waals surface area (Å²) in [7, 11) is 0. The molecule has 0 radical (unpaired) electrons. The summed E-state index contributed by atoms with van der Waals surface area (Å²) in [6.45, 7) is 4.70. The Bertz CT molecular complexity index is 2680. The lowest BCUT2D eigenvalue weighted by Gasteiger charge is -2.35. The van der Waals surface area contributed by atoms with Crippen molar-refractivity contribution in [3.8, 4) is 39.9 Å². The van der Waals surface area contributed by atoms with Crippen molar-refractivity contribution in [2.24, 2.45) is 0 Å². The van der Waals surface area contributed by atoms with Crippen LogP contribution in [0, 0.1) is 0 Å². The predicted octanol–water partition coefficient (Wildman–Crippen LogP) is 10.9. The molecule has 0 unspecified atom stereocenters. The van der Waals surface area contributed by atoms with Gasteiger partial charge in [0.05, 0.1) is 11.0 Å². The number of benzene rings is 7. The highest BCUT2D eigenvalue weighted by Gasteiger charge is 2.35. The van der Waals surface area contributed by atoms with E-state index in [-0.39, 0.29) is 5.41 Å². The van der Waals surface area contributed by atoms with Gasteiger partial charge in [0.1, 0.15) is 0 Å². The zero-order valence-corrected chi connectivity index (χ0v) is 26.6. The van der Waals surface area contributed by atoms with E-state index in [4.69, 9.17) is 15.0 Å². The van der Waals surface area contributed by atoms with Crippen LogP contribution in [0.25, 0.3) is 83.2 Å². The molecule has 2 heterocycles. The van der Waals surface area contributed by atoms with Crippen molar-refractivity contribution in [2.45, 2.75) is 19.3 Å². The zero-order chi connectivity index (χ0) is 32.0. The largest absolute Gasteiger partial charge is 0.277 e. The summed E-state index contributed by atoms with van der Waals surface area (Å²) in [6, 6.07) is 51.7. The van der Waals surface area contributed by atoms with Gasteiger partial charge in [-0.1, -0.05) is 147 Å². The van der Waals surface area contributed by atoms with Crippen molar-refractivity contribution >= 4 is 43.4 Å². The molecule has 0 amide bonds. The lowest BCUT2D eigenvalue weighted by Crippen LogP contribution is -2.23. The fourth-order valence-corrected chi connectivity index (χ4v) is 8.00. The molecule has 1 aliphatic carbocycles. The Kier molecular flexibility index (Phi) is 5.59. The Balaban J connectivity index is 1.45. The number of nitrogens with zero attached hydrogens (tertiary/aromatic N) is 4. The van der Waals surface area contributed by atoms with Gasteiger partial charge in [0.15, 0.2) is 11.6 Å². The van der Waals surface area contributed by atoms with E-state index < -0.39 is 0 Å². The summed E-state index contributed by atoms with van der Waals surface area (Å²) >= 11 is 0. The average molecular weight is 615 g/mol. The summed E-state index contributed by atoms with van der Waals surface area (Å²) in [6.07, 6.45) is 0. The van der Waals surface area contributed by atoms with Gasteiger partial charge in [-0.15, -0.1) is 0 Å². The molecule has 226 valence electrons. The monoisotopic (exact) mass is 614 g/mol. The SMILES string of the molecule is CC1(C)c2ccccc2-c2c3c1cccc3cc1c3c4ccccc4ccc3n(-c3nc(-c4ccccc4)nc(-c4ccccc4)n3)c21. The molecule has 2 aromatic heterocycles.